The summed E-state index contributed by atoms with van der Waals surface area (Å²) in [5.41, 5.74) is 4.74. The molecule has 0 heterocycles. The van der Waals surface area contributed by atoms with Gasteiger partial charge in [-0.2, -0.15) is 0 Å². The molecule has 1 atom stereocenters. The molecule has 4 nitrogen and oxygen atoms in total. The number of carboxylic acid groups (broad SMARTS) is 1. The molecule has 0 bridgehead atoms. The normalized spacial score (nSPS) is 12.3. The summed E-state index contributed by atoms with van der Waals surface area (Å²) < 4.78 is 0. The van der Waals surface area contributed by atoms with Gasteiger partial charge in [-0.15, -0.1) is 0 Å². The van der Waals surface area contributed by atoms with Gasteiger partial charge in [-0.25, -0.2) is 0 Å². The van der Waals surface area contributed by atoms with Crippen LogP contribution in [0.25, 0.3) is 0 Å². The van der Waals surface area contributed by atoms with E-state index in [4.69, 9.17) is 5.11 Å². The lowest BCUT2D eigenvalue weighted by molar-refractivity contribution is -0.137. The second kappa shape index (κ2) is 7.43. The highest BCUT2D eigenvalue weighted by molar-refractivity contribution is 5.98. The number of nitrogens with one attached hydrogen (secondary N) is 1. The average molecular weight is 305 g/mol. The Bertz CT molecular complexity index is 550. The van der Waals surface area contributed by atoms with Gasteiger partial charge in [-0.05, 0) is 62.3 Å². The zero-order valence-electron chi connectivity index (χ0n) is 14.4. The standard InChI is InChI=1S/C18H27NO3/c1-10(2)7-15(9-16(20)21)19-18(22)17-13(5)11(3)8-12(4)14(17)6/h8,10,15H,7,9H2,1-6H3,(H,19,22)(H,20,21). The van der Waals surface area contributed by atoms with E-state index in [1.54, 1.807) is 0 Å². The van der Waals surface area contributed by atoms with Crippen LogP contribution in [-0.4, -0.2) is 23.0 Å². The van der Waals surface area contributed by atoms with Gasteiger partial charge in [0.2, 0.25) is 0 Å². The van der Waals surface area contributed by atoms with E-state index < -0.39 is 5.97 Å². The summed E-state index contributed by atoms with van der Waals surface area (Å²) in [4.78, 5) is 23.7. The molecule has 1 aromatic rings. The summed E-state index contributed by atoms with van der Waals surface area (Å²) in [5.74, 6) is -0.736. The highest BCUT2D eigenvalue weighted by Gasteiger charge is 2.21. The molecule has 0 saturated carbocycles. The van der Waals surface area contributed by atoms with Crippen molar-refractivity contribution in [3.8, 4) is 0 Å². The summed E-state index contributed by atoms with van der Waals surface area (Å²) in [6, 6.07) is 1.73. The first-order valence-electron chi connectivity index (χ1n) is 7.73. The third-order valence-corrected chi connectivity index (χ3v) is 4.11. The number of carboxylic acids is 1. The second-order valence-corrected chi connectivity index (χ2v) is 6.53. The monoisotopic (exact) mass is 305 g/mol. The lowest BCUT2D eigenvalue weighted by atomic mass is 9.93. The molecule has 0 spiro atoms. The maximum absolute atomic E-state index is 12.7. The number of aryl methyl sites for hydroxylation is 2. The van der Waals surface area contributed by atoms with Crippen LogP contribution in [0.15, 0.2) is 6.07 Å². The van der Waals surface area contributed by atoms with Gasteiger partial charge >= 0.3 is 5.97 Å². The third kappa shape index (κ3) is 4.58. The van der Waals surface area contributed by atoms with Crippen molar-refractivity contribution in [3.63, 3.8) is 0 Å². The van der Waals surface area contributed by atoms with Gasteiger partial charge in [0.1, 0.15) is 0 Å². The second-order valence-electron chi connectivity index (χ2n) is 6.53. The summed E-state index contributed by atoms with van der Waals surface area (Å²) in [5, 5.41) is 11.9. The summed E-state index contributed by atoms with van der Waals surface area (Å²) >= 11 is 0. The smallest absolute Gasteiger partial charge is 0.305 e. The Balaban J connectivity index is 3.07. The van der Waals surface area contributed by atoms with E-state index in [9.17, 15) is 9.59 Å². The number of carbonyl (C=O) groups is 2. The van der Waals surface area contributed by atoms with Gasteiger partial charge in [0, 0.05) is 11.6 Å². The first-order valence-corrected chi connectivity index (χ1v) is 7.73. The van der Waals surface area contributed by atoms with Crippen LogP contribution in [0.1, 0.15) is 59.3 Å². The highest BCUT2D eigenvalue weighted by atomic mass is 16.4. The van der Waals surface area contributed by atoms with Crippen LogP contribution in [0, 0.1) is 33.6 Å². The van der Waals surface area contributed by atoms with Gasteiger partial charge in [0.05, 0.1) is 6.42 Å². The lowest BCUT2D eigenvalue weighted by Crippen LogP contribution is -2.38. The largest absolute Gasteiger partial charge is 0.481 e. The molecular weight excluding hydrogens is 278 g/mol. The van der Waals surface area contributed by atoms with Crippen molar-refractivity contribution in [2.24, 2.45) is 5.92 Å². The van der Waals surface area contributed by atoms with E-state index in [1.807, 2.05) is 41.5 Å². The van der Waals surface area contributed by atoms with E-state index in [2.05, 4.69) is 11.4 Å². The molecule has 1 rings (SSSR count). The van der Waals surface area contributed by atoms with E-state index in [1.165, 1.54) is 0 Å². The molecule has 122 valence electrons. The molecule has 1 aromatic carbocycles. The van der Waals surface area contributed by atoms with Crippen molar-refractivity contribution in [2.75, 3.05) is 0 Å². The predicted molar refractivity (Wildman–Crippen MR) is 88.4 cm³/mol. The molecule has 0 saturated heterocycles. The maximum Gasteiger partial charge on any atom is 0.305 e. The number of rotatable bonds is 6. The van der Waals surface area contributed by atoms with Crippen LogP contribution >= 0.6 is 0 Å². The molecule has 1 amide bonds. The Morgan fingerprint density at radius 2 is 1.59 bits per heavy atom. The zero-order valence-corrected chi connectivity index (χ0v) is 14.4. The van der Waals surface area contributed by atoms with Crippen LogP contribution in [-0.2, 0) is 4.79 Å². The van der Waals surface area contributed by atoms with Crippen molar-refractivity contribution < 1.29 is 14.7 Å². The number of amides is 1. The number of hydrogen-bond donors (Lipinski definition) is 2. The topological polar surface area (TPSA) is 66.4 Å². The Morgan fingerprint density at radius 3 is 2.00 bits per heavy atom. The minimum atomic E-state index is -0.889. The van der Waals surface area contributed by atoms with Crippen LogP contribution in [0.2, 0.25) is 0 Å². The molecule has 0 fully saturated rings. The van der Waals surface area contributed by atoms with E-state index in [0.29, 0.717) is 17.9 Å². The van der Waals surface area contributed by atoms with Gasteiger partial charge in [0.25, 0.3) is 5.91 Å². The molecule has 0 aliphatic heterocycles. The fraction of sp³-hybridized carbons (Fsp3) is 0.556. The van der Waals surface area contributed by atoms with Gasteiger partial charge in [0.15, 0.2) is 0 Å². The van der Waals surface area contributed by atoms with Crippen molar-refractivity contribution in [1.29, 1.82) is 0 Å². The molecule has 0 aromatic heterocycles. The Kier molecular flexibility index (Phi) is 6.15. The van der Waals surface area contributed by atoms with Crippen molar-refractivity contribution in [1.82, 2.24) is 5.32 Å². The number of benzene rings is 1. The van der Waals surface area contributed by atoms with Crippen LogP contribution in [0.4, 0.5) is 0 Å². The van der Waals surface area contributed by atoms with Crippen LogP contribution in [0.3, 0.4) is 0 Å². The number of hydrogen-bond acceptors (Lipinski definition) is 2. The maximum atomic E-state index is 12.7. The summed E-state index contributed by atoms with van der Waals surface area (Å²) in [7, 11) is 0. The number of aliphatic carboxylic acids is 1. The predicted octanol–water partition coefficient (Wildman–Crippen LogP) is 3.54. The molecule has 4 heteroatoms. The first-order chi connectivity index (χ1) is 10.1. The van der Waals surface area contributed by atoms with Crippen LogP contribution in [0.5, 0.6) is 0 Å². The lowest BCUT2D eigenvalue weighted by Gasteiger charge is -2.21. The van der Waals surface area contributed by atoms with Crippen molar-refractivity contribution >= 4 is 11.9 Å². The molecule has 1 unspecified atom stereocenters. The van der Waals surface area contributed by atoms with E-state index in [-0.39, 0.29) is 18.4 Å². The Morgan fingerprint density at radius 1 is 1.09 bits per heavy atom. The minimum absolute atomic E-state index is 0.0488. The Labute approximate surface area is 132 Å². The molecule has 0 aliphatic rings. The zero-order chi connectivity index (χ0) is 17.0. The van der Waals surface area contributed by atoms with Gasteiger partial charge < -0.3 is 10.4 Å². The van der Waals surface area contributed by atoms with Gasteiger partial charge in [-0.1, -0.05) is 19.9 Å². The first kappa shape index (κ1) is 18.2. The average Bonchev–Trinajstić information content (AvgIpc) is 2.35. The third-order valence-electron chi connectivity index (χ3n) is 4.11. The SMILES string of the molecule is Cc1cc(C)c(C)c(C(=O)NC(CC(=O)O)CC(C)C)c1C. The Hall–Kier alpha value is -1.84. The number of carbonyl (C=O) groups excluding carboxylic acids is 1. The van der Waals surface area contributed by atoms with Crippen LogP contribution < -0.4 is 5.32 Å². The molecule has 0 radical (unpaired) electrons. The quantitative estimate of drug-likeness (QED) is 0.844. The van der Waals surface area contributed by atoms with Gasteiger partial charge in [-0.3, -0.25) is 9.59 Å². The molecule has 0 aliphatic carbocycles. The fourth-order valence-electron chi connectivity index (χ4n) is 2.79. The van der Waals surface area contributed by atoms with Crippen molar-refractivity contribution in [2.45, 2.75) is 60.4 Å². The molecule has 2 N–H and O–H groups in total. The highest BCUT2D eigenvalue weighted by Crippen LogP contribution is 2.22. The molecule has 22 heavy (non-hydrogen) atoms. The van der Waals surface area contributed by atoms with E-state index in [0.717, 1.165) is 22.3 Å². The summed E-state index contributed by atoms with van der Waals surface area (Å²) in [6.07, 6.45) is 0.605. The van der Waals surface area contributed by atoms with E-state index >= 15 is 0 Å². The summed E-state index contributed by atoms with van der Waals surface area (Å²) in [6.45, 7) is 11.9. The minimum Gasteiger partial charge on any atom is -0.481 e. The fourth-order valence-corrected chi connectivity index (χ4v) is 2.79. The molecular formula is C18H27NO3. The van der Waals surface area contributed by atoms with Crippen molar-refractivity contribution in [3.05, 3.63) is 33.9 Å².